The highest BCUT2D eigenvalue weighted by Gasteiger charge is 2.04. The molecule has 1 heterocycles. The van der Waals surface area contributed by atoms with Gasteiger partial charge in [0.2, 0.25) is 0 Å². The maximum atomic E-state index is 4.11. The molecule has 1 aromatic heterocycles. The van der Waals surface area contributed by atoms with Gasteiger partial charge in [-0.25, -0.2) is 0 Å². The molecule has 0 saturated carbocycles. The van der Waals surface area contributed by atoms with Gasteiger partial charge in [0, 0.05) is 18.3 Å². The van der Waals surface area contributed by atoms with Gasteiger partial charge in [0.05, 0.1) is 5.69 Å². The standard InChI is InChI=1S/C12H13N3/c1-13-9-10-5-2-3-6-11(10)12-7-4-8-14-15-12/h2-8,13H,9H2,1H3. The first-order valence-electron chi connectivity index (χ1n) is 4.92. The lowest BCUT2D eigenvalue weighted by Gasteiger charge is -2.07. The van der Waals surface area contributed by atoms with Gasteiger partial charge in [-0.15, -0.1) is 0 Å². The topological polar surface area (TPSA) is 37.8 Å². The van der Waals surface area contributed by atoms with Crippen molar-refractivity contribution in [3.63, 3.8) is 0 Å². The molecule has 3 heteroatoms. The molecule has 0 atom stereocenters. The van der Waals surface area contributed by atoms with Crippen LogP contribution in [0, 0.1) is 0 Å². The number of rotatable bonds is 3. The second-order valence-electron chi connectivity index (χ2n) is 3.30. The lowest BCUT2D eigenvalue weighted by molar-refractivity contribution is 0.818. The van der Waals surface area contributed by atoms with Crippen molar-refractivity contribution < 1.29 is 0 Å². The smallest absolute Gasteiger partial charge is 0.0932 e. The van der Waals surface area contributed by atoms with E-state index in [0.717, 1.165) is 17.8 Å². The van der Waals surface area contributed by atoms with Crippen molar-refractivity contribution in [2.45, 2.75) is 6.54 Å². The van der Waals surface area contributed by atoms with Crippen LogP contribution in [0.1, 0.15) is 5.56 Å². The first-order chi connectivity index (χ1) is 7.42. The molecule has 2 rings (SSSR count). The van der Waals surface area contributed by atoms with Crippen LogP contribution in [0.25, 0.3) is 11.3 Å². The largest absolute Gasteiger partial charge is 0.316 e. The zero-order valence-electron chi connectivity index (χ0n) is 8.64. The van der Waals surface area contributed by atoms with E-state index in [1.54, 1.807) is 6.20 Å². The number of nitrogens with zero attached hydrogens (tertiary/aromatic N) is 2. The van der Waals surface area contributed by atoms with Crippen LogP contribution in [-0.4, -0.2) is 17.2 Å². The van der Waals surface area contributed by atoms with Gasteiger partial charge >= 0.3 is 0 Å². The maximum absolute atomic E-state index is 4.11. The summed E-state index contributed by atoms with van der Waals surface area (Å²) in [6.07, 6.45) is 1.68. The fraction of sp³-hybridized carbons (Fsp3) is 0.167. The summed E-state index contributed by atoms with van der Waals surface area (Å²) in [6, 6.07) is 12.1. The summed E-state index contributed by atoms with van der Waals surface area (Å²) in [4.78, 5) is 0. The fourth-order valence-electron chi connectivity index (χ4n) is 1.56. The number of nitrogens with one attached hydrogen (secondary N) is 1. The van der Waals surface area contributed by atoms with E-state index < -0.39 is 0 Å². The summed E-state index contributed by atoms with van der Waals surface area (Å²) >= 11 is 0. The third-order valence-electron chi connectivity index (χ3n) is 2.23. The van der Waals surface area contributed by atoms with Crippen molar-refractivity contribution in [1.82, 2.24) is 15.5 Å². The van der Waals surface area contributed by atoms with Crippen LogP contribution in [0.15, 0.2) is 42.6 Å². The van der Waals surface area contributed by atoms with Crippen molar-refractivity contribution in [1.29, 1.82) is 0 Å². The average molecular weight is 199 g/mol. The van der Waals surface area contributed by atoms with Gasteiger partial charge in [-0.05, 0) is 24.7 Å². The van der Waals surface area contributed by atoms with Crippen molar-refractivity contribution in [3.8, 4) is 11.3 Å². The number of aromatic nitrogens is 2. The van der Waals surface area contributed by atoms with Gasteiger partial charge in [0.1, 0.15) is 0 Å². The maximum Gasteiger partial charge on any atom is 0.0932 e. The van der Waals surface area contributed by atoms with E-state index in [1.807, 2.05) is 31.3 Å². The van der Waals surface area contributed by atoms with Gasteiger partial charge in [0.25, 0.3) is 0 Å². The van der Waals surface area contributed by atoms with Gasteiger partial charge in [-0.2, -0.15) is 10.2 Å². The highest BCUT2D eigenvalue weighted by Crippen LogP contribution is 2.20. The fourth-order valence-corrected chi connectivity index (χ4v) is 1.56. The van der Waals surface area contributed by atoms with Gasteiger partial charge in [-0.3, -0.25) is 0 Å². The molecule has 0 unspecified atom stereocenters. The van der Waals surface area contributed by atoms with Gasteiger partial charge in [0.15, 0.2) is 0 Å². The Bertz CT molecular complexity index is 426. The Hall–Kier alpha value is -1.74. The predicted octanol–water partition coefficient (Wildman–Crippen LogP) is 1.86. The van der Waals surface area contributed by atoms with E-state index in [-0.39, 0.29) is 0 Å². The van der Waals surface area contributed by atoms with Crippen molar-refractivity contribution in [2.75, 3.05) is 7.05 Å². The minimum Gasteiger partial charge on any atom is -0.316 e. The molecule has 1 aromatic carbocycles. The van der Waals surface area contributed by atoms with E-state index >= 15 is 0 Å². The van der Waals surface area contributed by atoms with E-state index in [0.29, 0.717) is 0 Å². The Morgan fingerprint density at radius 1 is 1.13 bits per heavy atom. The third-order valence-corrected chi connectivity index (χ3v) is 2.23. The summed E-state index contributed by atoms with van der Waals surface area (Å²) < 4.78 is 0. The molecule has 2 aromatic rings. The Morgan fingerprint density at radius 2 is 2.00 bits per heavy atom. The Balaban J connectivity index is 2.43. The monoisotopic (exact) mass is 199 g/mol. The summed E-state index contributed by atoms with van der Waals surface area (Å²) in [5, 5.41) is 11.2. The van der Waals surface area contributed by atoms with Crippen LogP contribution < -0.4 is 5.32 Å². The van der Waals surface area contributed by atoms with Crippen molar-refractivity contribution in [2.24, 2.45) is 0 Å². The lowest BCUT2D eigenvalue weighted by Crippen LogP contribution is -2.06. The summed E-state index contributed by atoms with van der Waals surface area (Å²) in [6.45, 7) is 0.840. The molecule has 3 nitrogen and oxygen atoms in total. The summed E-state index contributed by atoms with van der Waals surface area (Å²) in [5.41, 5.74) is 3.30. The molecule has 0 bridgehead atoms. The first kappa shape index (κ1) is 9.80. The van der Waals surface area contributed by atoms with E-state index in [2.05, 4.69) is 27.6 Å². The minimum absolute atomic E-state index is 0.840. The molecular formula is C12H13N3. The molecule has 0 aliphatic rings. The van der Waals surface area contributed by atoms with Crippen LogP contribution in [0.3, 0.4) is 0 Å². The Labute approximate surface area is 89.2 Å². The molecular weight excluding hydrogens is 186 g/mol. The second-order valence-corrected chi connectivity index (χ2v) is 3.30. The highest BCUT2D eigenvalue weighted by molar-refractivity contribution is 5.62. The number of hydrogen-bond donors (Lipinski definition) is 1. The molecule has 0 aliphatic carbocycles. The van der Waals surface area contributed by atoms with Gasteiger partial charge in [-0.1, -0.05) is 24.3 Å². The highest BCUT2D eigenvalue weighted by atomic mass is 15.1. The van der Waals surface area contributed by atoms with Crippen LogP contribution in [0.2, 0.25) is 0 Å². The molecule has 0 spiro atoms. The number of benzene rings is 1. The second kappa shape index (κ2) is 4.66. The SMILES string of the molecule is CNCc1ccccc1-c1cccnn1. The van der Waals surface area contributed by atoms with Gasteiger partial charge < -0.3 is 5.32 Å². The minimum atomic E-state index is 0.840. The van der Waals surface area contributed by atoms with Crippen LogP contribution >= 0.6 is 0 Å². The predicted molar refractivity (Wildman–Crippen MR) is 60.2 cm³/mol. The average Bonchev–Trinajstić information content (AvgIpc) is 2.31. The molecule has 0 saturated heterocycles. The number of hydrogen-bond acceptors (Lipinski definition) is 3. The Kier molecular flexibility index (Phi) is 3.05. The molecule has 1 N–H and O–H groups in total. The molecule has 76 valence electrons. The van der Waals surface area contributed by atoms with Crippen LogP contribution in [0.5, 0.6) is 0 Å². The first-order valence-corrected chi connectivity index (χ1v) is 4.92. The zero-order valence-corrected chi connectivity index (χ0v) is 8.64. The van der Waals surface area contributed by atoms with E-state index in [4.69, 9.17) is 0 Å². The summed E-state index contributed by atoms with van der Waals surface area (Å²) in [5.74, 6) is 0. The molecule has 0 amide bonds. The zero-order chi connectivity index (χ0) is 10.5. The lowest BCUT2D eigenvalue weighted by atomic mass is 10.0. The van der Waals surface area contributed by atoms with E-state index in [9.17, 15) is 0 Å². The van der Waals surface area contributed by atoms with Crippen LogP contribution in [-0.2, 0) is 6.54 Å². The quantitative estimate of drug-likeness (QED) is 0.820. The summed E-state index contributed by atoms with van der Waals surface area (Å²) in [7, 11) is 1.94. The van der Waals surface area contributed by atoms with Crippen LogP contribution in [0.4, 0.5) is 0 Å². The molecule has 15 heavy (non-hydrogen) atoms. The molecule has 0 radical (unpaired) electrons. The molecule has 0 aliphatic heterocycles. The van der Waals surface area contributed by atoms with E-state index in [1.165, 1.54) is 5.56 Å². The van der Waals surface area contributed by atoms with Crippen molar-refractivity contribution >= 4 is 0 Å². The molecule has 0 fully saturated rings. The normalized spacial score (nSPS) is 10.2. The third kappa shape index (κ3) is 2.19. The van der Waals surface area contributed by atoms with Crippen molar-refractivity contribution in [3.05, 3.63) is 48.2 Å². The Morgan fingerprint density at radius 3 is 2.73 bits per heavy atom.